The number of Topliss-reactive ketones (excluding diaryl/α,β-unsaturated/α-hetero) is 1. The van der Waals surface area contributed by atoms with Gasteiger partial charge in [0.25, 0.3) is 5.91 Å². The van der Waals surface area contributed by atoms with E-state index in [0.717, 1.165) is 5.56 Å². The maximum atomic E-state index is 12.1. The van der Waals surface area contributed by atoms with Crippen molar-refractivity contribution < 1.29 is 14.7 Å². The van der Waals surface area contributed by atoms with Gasteiger partial charge < -0.3 is 15.4 Å². The van der Waals surface area contributed by atoms with Crippen LogP contribution in [0.2, 0.25) is 0 Å². The minimum atomic E-state index is -0.258. The molecule has 1 heterocycles. The molecule has 1 amide bonds. The number of carbonyl (C=O) groups is 2. The van der Waals surface area contributed by atoms with E-state index in [-0.39, 0.29) is 24.2 Å². The fraction of sp³-hybridized carbons (Fsp3) is 0.294. The lowest BCUT2D eigenvalue weighted by Crippen LogP contribution is -2.29. The lowest BCUT2D eigenvalue weighted by Gasteiger charge is -2.16. The smallest absolute Gasteiger partial charge is 0.267 e. The van der Waals surface area contributed by atoms with Crippen molar-refractivity contribution in [2.45, 2.75) is 19.3 Å². The summed E-state index contributed by atoms with van der Waals surface area (Å²) in [7, 11) is 0. The molecule has 1 aromatic heterocycles. The van der Waals surface area contributed by atoms with Gasteiger partial charge in [-0.2, -0.15) is 0 Å². The molecule has 0 fully saturated rings. The van der Waals surface area contributed by atoms with E-state index in [1.807, 2.05) is 30.3 Å². The van der Waals surface area contributed by atoms with Gasteiger partial charge in [-0.15, -0.1) is 0 Å². The Morgan fingerprint density at radius 2 is 2.00 bits per heavy atom. The van der Waals surface area contributed by atoms with E-state index < -0.39 is 0 Å². The highest BCUT2D eigenvalue weighted by atomic mass is 16.3. The molecular weight excluding hydrogens is 280 g/mol. The van der Waals surface area contributed by atoms with Crippen LogP contribution < -0.4 is 5.32 Å². The molecule has 0 aliphatic heterocycles. The number of benzene rings is 1. The fourth-order valence-corrected chi connectivity index (χ4v) is 2.31. The quantitative estimate of drug-likeness (QED) is 0.685. The molecule has 22 heavy (non-hydrogen) atoms. The Balaban J connectivity index is 1.99. The van der Waals surface area contributed by atoms with Gasteiger partial charge in [-0.05, 0) is 25.0 Å². The van der Waals surface area contributed by atoms with Gasteiger partial charge in [-0.1, -0.05) is 30.3 Å². The summed E-state index contributed by atoms with van der Waals surface area (Å²) in [5.74, 6) is -0.290. The first-order chi connectivity index (χ1) is 10.6. The molecule has 0 aliphatic rings. The largest absolute Gasteiger partial charge is 0.396 e. The van der Waals surface area contributed by atoms with Gasteiger partial charge in [-0.3, -0.25) is 9.59 Å². The molecule has 1 atom stereocenters. The van der Waals surface area contributed by atoms with E-state index >= 15 is 0 Å². The average Bonchev–Trinajstić information content (AvgIpc) is 3.02. The molecule has 1 unspecified atom stereocenters. The number of amides is 1. The predicted octanol–water partition coefficient (Wildman–Crippen LogP) is 2.11. The molecule has 2 aromatic rings. The van der Waals surface area contributed by atoms with Gasteiger partial charge in [0.2, 0.25) is 0 Å². The predicted molar refractivity (Wildman–Crippen MR) is 84.0 cm³/mol. The number of aliphatic hydroxyl groups is 1. The van der Waals surface area contributed by atoms with Crippen molar-refractivity contribution >= 4 is 11.7 Å². The van der Waals surface area contributed by atoms with Crippen LogP contribution in [0.15, 0.2) is 42.6 Å². The third-order valence-electron chi connectivity index (χ3n) is 3.59. The molecule has 2 rings (SSSR count). The molecule has 0 bridgehead atoms. The number of aromatic nitrogens is 1. The maximum Gasteiger partial charge on any atom is 0.267 e. The van der Waals surface area contributed by atoms with Gasteiger partial charge >= 0.3 is 0 Å². The summed E-state index contributed by atoms with van der Waals surface area (Å²) >= 11 is 0. The normalized spacial score (nSPS) is 11.9. The van der Waals surface area contributed by atoms with Gasteiger partial charge in [0.15, 0.2) is 5.78 Å². The van der Waals surface area contributed by atoms with Crippen LogP contribution in [0.3, 0.4) is 0 Å². The minimum Gasteiger partial charge on any atom is -0.396 e. The standard InChI is InChI=1S/C17H20N2O3/c1-12(21)15-9-16(18-11-15)17(22)19-10-14(7-8-20)13-5-3-2-4-6-13/h2-6,9,11,14,18,20H,7-8,10H2,1H3,(H,19,22). The van der Waals surface area contributed by atoms with Crippen molar-refractivity contribution in [3.05, 3.63) is 59.4 Å². The van der Waals surface area contributed by atoms with Crippen LogP contribution in [0.1, 0.15) is 45.7 Å². The van der Waals surface area contributed by atoms with Crippen LogP contribution in [0, 0.1) is 0 Å². The zero-order valence-electron chi connectivity index (χ0n) is 12.5. The molecule has 0 aliphatic carbocycles. The molecule has 1 aromatic carbocycles. The van der Waals surface area contributed by atoms with Crippen molar-refractivity contribution in [2.75, 3.05) is 13.2 Å². The first-order valence-electron chi connectivity index (χ1n) is 7.25. The van der Waals surface area contributed by atoms with Crippen LogP contribution >= 0.6 is 0 Å². The number of ketones is 1. The monoisotopic (exact) mass is 300 g/mol. The van der Waals surface area contributed by atoms with Crippen molar-refractivity contribution in [1.29, 1.82) is 0 Å². The van der Waals surface area contributed by atoms with E-state index in [9.17, 15) is 14.7 Å². The van der Waals surface area contributed by atoms with E-state index in [2.05, 4.69) is 10.3 Å². The lowest BCUT2D eigenvalue weighted by atomic mass is 9.96. The molecule has 0 radical (unpaired) electrons. The SMILES string of the molecule is CC(=O)c1c[nH]c(C(=O)NCC(CCO)c2ccccc2)c1. The number of H-pyrrole nitrogens is 1. The topological polar surface area (TPSA) is 82.2 Å². The fourth-order valence-electron chi connectivity index (χ4n) is 2.31. The van der Waals surface area contributed by atoms with Crippen LogP contribution in [0.25, 0.3) is 0 Å². The number of nitrogens with one attached hydrogen (secondary N) is 2. The Hall–Kier alpha value is -2.40. The second-order valence-corrected chi connectivity index (χ2v) is 5.19. The maximum absolute atomic E-state index is 12.1. The van der Waals surface area contributed by atoms with Crippen molar-refractivity contribution in [1.82, 2.24) is 10.3 Å². The van der Waals surface area contributed by atoms with E-state index in [1.165, 1.54) is 13.1 Å². The Morgan fingerprint density at radius 3 is 2.59 bits per heavy atom. The Bertz CT molecular complexity index is 634. The summed E-state index contributed by atoms with van der Waals surface area (Å²) in [6.07, 6.45) is 2.10. The Morgan fingerprint density at radius 1 is 1.27 bits per heavy atom. The molecule has 0 spiro atoms. The molecular formula is C17H20N2O3. The van der Waals surface area contributed by atoms with Gasteiger partial charge in [-0.25, -0.2) is 0 Å². The number of aliphatic hydroxyl groups excluding tert-OH is 1. The summed E-state index contributed by atoms with van der Waals surface area (Å²) in [6, 6.07) is 11.3. The molecule has 116 valence electrons. The highest BCUT2D eigenvalue weighted by molar-refractivity contribution is 5.99. The van der Waals surface area contributed by atoms with Crippen LogP contribution in [-0.2, 0) is 0 Å². The van der Waals surface area contributed by atoms with Crippen molar-refractivity contribution in [3.8, 4) is 0 Å². The summed E-state index contributed by atoms with van der Waals surface area (Å²) in [4.78, 5) is 26.1. The summed E-state index contributed by atoms with van der Waals surface area (Å²) in [6.45, 7) is 1.95. The van der Waals surface area contributed by atoms with Crippen molar-refractivity contribution in [3.63, 3.8) is 0 Å². The molecule has 0 saturated carbocycles. The number of rotatable bonds is 7. The number of hydrogen-bond donors (Lipinski definition) is 3. The van der Waals surface area contributed by atoms with E-state index in [0.29, 0.717) is 24.2 Å². The number of aromatic amines is 1. The van der Waals surface area contributed by atoms with Crippen LogP contribution in [-0.4, -0.2) is 34.9 Å². The highest BCUT2D eigenvalue weighted by Gasteiger charge is 2.15. The van der Waals surface area contributed by atoms with Crippen LogP contribution in [0.4, 0.5) is 0 Å². The third-order valence-corrected chi connectivity index (χ3v) is 3.59. The Kier molecular flexibility index (Phi) is 5.49. The second-order valence-electron chi connectivity index (χ2n) is 5.19. The molecule has 3 N–H and O–H groups in total. The number of carbonyl (C=O) groups excluding carboxylic acids is 2. The van der Waals surface area contributed by atoms with Gasteiger partial charge in [0.1, 0.15) is 5.69 Å². The van der Waals surface area contributed by atoms with E-state index in [4.69, 9.17) is 0 Å². The molecule has 0 saturated heterocycles. The summed E-state index contributed by atoms with van der Waals surface area (Å²) in [5.41, 5.74) is 1.92. The average molecular weight is 300 g/mol. The zero-order valence-corrected chi connectivity index (χ0v) is 12.5. The summed E-state index contributed by atoms with van der Waals surface area (Å²) in [5, 5.41) is 12.0. The highest BCUT2D eigenvalue weighted by Crippen LogP contribution is 2.18. The van der Waals surface area contributed by atoms with Crippen LogP contribution in [0.5, 0.6) is 0 Å². The first kappa shape index (κ1) is 16.0. The Labute approximate surface area is 129 Å². The lowest BCUT2D eigenvalue weighted by molar-refractivity contribution is 0.0944. The third kappa shape index (κ3) is 4.05. The zero-order chi connectivity index (χ0) is 15.9. The number of hydrogen-bond acceptors (Lipinski definition) is 3. The van der Waals surface area contributed by atoms with E-state index in [1.54, 1.807) is 6.07 Å². The second kappa shape index (κ2) is 7.56. The summed E-state index contributed by atoms with van der Waals surface area (Å²) < 4.78 is 0. The van der Waals surface area contributed by atoms with Gasteiger partial charge in [0, 0.05) is 30.8 Å². The minimum absolute atomic E-state index is 0.0531. The first-order valence-corrected chi connectivity index (χ1v) is 7.25. The van der Waals surface area contributed by atoms with Gasteiger partial charge in [0.05, 0.1) is 0 Å². The van der Waals surface area contributed by atoms with Crippen molar-refractivity contribution in [2.24, 2.45) is 0 Å². The molecule has 5 nitrogen and oxygen atoms in total. The molecule has 5 heteroatoms.